The van der Waals surface area contributed by atoms with E-state index >= 15 is 0 Å². The second-order valence-corrected chi connectivity index (χ2v) is 4.78. The predicted molar refractivity (Wildman–Crippen MR) is 80.3 cm³/mol. The van der Waals surface area contributed by atoms with Crippen LogP contribution in [0.2, 0.25) is 0 Å². The van der Waals surface area contributed by atoms with Gasteiger partial charge in [-0.2, -0.15) is 5.26 Å². The van der Waals surface area contributed by atoms with Crippen LogP contribution in [0.1, 0.15) is 28.5 Å². The summed E-state index contributed by atoms with van der Waals surface area (Å²) < 4.78 is 7.04. The summed E-state index contributed by atoms with van der Waals surface area (Å²) in [6, 6.07) is 7.78. The van der Waals surface area contributed by atoms with Gasteiger partial charge in [0.2, 0.25) is 0 Å². The van der Waals surface area contributed by atoms with Crippen molar-refractivity contribution < 1.29 is 9.53 Å². The lowest BCUT2D eigenvalue weighted by Gasteiger charge is -2.20. The van der Waals surface area contributed by atoms with Crippen molar-refractivity contribution in [2.45, 2.75) is 13.5 Å². The molecule has 110 valence electrons. The van der Waals surface area contributed by atoms with Crippen molar-refractivity contribution in [1.29, 1.82) is 5.26 Å². The van der Waals surface area contributed by atoms with Crippen LogP contribution < -0.4 is 0 Å². The molecular weight excluding hydrogens is 266 g/mol. The van der Waals surface area contributed by atoms with E-state index < -0.39 is 0 Å². The number of likely N-dealkylation sites (N-methyl/N-ethyl adjacent to an activating group) is 1. The van der Waals surface area contributed by atoms with Gasteiger partial charge in [-0.1, -0.05) is 13.0 Å². The van der Waals surface area contributed by atoms with E-state index in [1.165, 1.54) is 0 Å². The Hall–Kier alpha value is -2.16. The molecule has 2 heterocycles. The van der Waals surface area contributed by atoms with Gasteiger partial charge in [0, 0.05) is 32.1 Å². The number of fused-ring (bicyclic) bond motifs is 1. The maximum absolute atomic E-state index is 11.5. The fourth-order valence-corrected chi connectivity index (χ4v) is 2.48. The van der Waals surface area contributed by atoms with Crippen LogP contribution in [0.15, 0.2) is 24.4 Å². The second kappa shape index (κ2) is 7.02. The van der Waals surface area contributed by atoms with Crippen LogP contribution in [-0.2, 0) is 11.3 Å². The molecule has 0 fully saturated rings. The van der Waals surface area contributed by atoms with Gasteiger partial charge in [-0.15, -0.1) is 0 Å². The zero-order valence-electron chi connectivity index (χ0n) is 12.4. The van der Waals surface area contributed by atoms with E-state index in [9.17, 15) is 10.1 Å². The van der Waals surface area contributed by atoms with Crippen molar-refractivity contribution in [2.24, 2.45) is 0 Å². The summed E-state index contributed by atoms with van der Waals surface area (Å²) in [5.74, 6) is 0. The Labute approximate surface area is 124 Å². The molecule has 0 N–H and O–H groups in total. The van der Waals surface area contributed by atoms with Crippen molar-refractivity contribution >= 4 is 11.8 Å². The molecule has 0 radical (unpaired) electrons. The lowest BCUT2D eigenvalue weighted by atomic mass is 10.1. The number of hydrogen-bond acceptors (Lipinski definition) is 4. The quantitative estimate of drug-likeness (QED) is 0.731. The minimum absolute atomic E-state index is 0.448. The fraction of sp³-hybridized carbons (Fsp3) is 0.375. The molecule has 0 aliphatic carbocycles. The van der Waals surface area contributed by atoms with Gasteiger partial charge in [-0.25, -0.2) is 0 Å². The number of pyridine rings is 1. The Morgan fingerprint density at radius 3 is 2.90 bits per heavy atom. The van der Waals surface area contributed by atoms with Crippen molar-refractivity contribution in [3.05, 3.63) is 41.2 Å². The molecule has 0 aliphatic rings. The molecular formula is C16H19N3O2. The Balaban J connectivity index is 2.47. The molecule has 5 heteroatoms. The van der Waals surface area contributed by atoms with Gasteiger partial charge in [0.05, 0.1) is 23.3 Å². The third-order valence-electron chi connectivity index (χ3n) is 3.65. The molecule has 2 aromatic heterocycles. The molecule has 0 aliphatic heterocycles. The Morgan fingerprint density at radius 2 is 2.29 bits per heavy atom. The number of nitriles is 1. The second-order valence-electron chi connectivity index (χ2n) is 4.78. The minimum Gasteiger partial charge on any atom is -0.383 e. The topological polar surface area (TPSA) is 57.7 Å². The van der Waals surface area contributed by atoms with E-state index in [4.69, 9.17) is 4.74 Å². The molecule has 2 rings (SSSR count). The van der Waals surface area contributed by atoms with Crippen molar-refractivity contribution in [3.63, 3.8) is 0 Å². The van der Waals surface area contributed by atoms with Crippen molar-refractivity contribution in [3.8, 4) is 6.07 Å². The van der Waals surface area contributed by atoms with Gasteiger partial charge in [0.1, 0.15) is 6.07 Å². The highest BCUT2D eigenvalue weighted by Crippen LogP contribution is 2.23. The van der Waals surface area contributed by atoms with Crippen molar-refractivity contribution in [2.75, 3.05) is 26.8 Å². The first-order valence-corrected chi connectivity index (χ1v) is 6.95. The normalized spacial score (nSPS) is 11.0. The SMILES string of the molecule is CCN(CCOC)Cc1c(C=O)c(C#N)c2ccccn12. The highest BCUT2D eigenvalue weighted by Gasteiger charge is 2.18. The summed E-state index contributed by atoms with van der Waals surface area (Å²) in [6.45, 7) is 4.95. The molecule has 21 heavy (non-hydrogen) atoms. The highest BCUT2D eigenvalue weighted by molar-refractivity contribution is 5.87. The molecule has 5 nitrogen and oxygen atoms in total. The Bertz CT molecular complexity index is 670. The van der Waals surface area contributed by atoms with E-state index in [-0.39, 0.29) is 0 Å². The number of rotatable bonds is 7. The summed E-state index contributed by atoms with van der Waals surface area (Å²) in [5.41, 5.74) is 2.57. The minimum atomic E-state index is 0.448. The zero-order valence-corrected chi connectivity index (χ0v) is 12.4. The summed E-state index contributed by atoms with van der Waals surface area (Å²) in [6.07, 6.45) is 2.67. The molecule has 0 bridgehead atoms. The number of ether oxygens (including phenoxy) is 1. The number of hydrogen-bond donors (Lipinski definition) is 0. The van der Waals surface area contributed by atoms with Gasteiger partial charge in [0.25, 0.3) is 0 Å². The standard InChI is InChI=1S/C16H19N3O2/c1-3-18(8-9-21-2)11-16-14(12-20)13(10-17)15-6-4-5-7-19(15)16/h4-7,12H,3,8-9,11H2,1-2H3. The van der Waals surface area contributed by atoms with Gasteiger partial charge >= 0.3 is 0 Å². The van der Waals surface area contributed by atoms with Crippen LogP contribution in [-0.4, -0.2) is 42.4 Å². The predicted octanol–water partition coefficient (Wildman–Crippen LogP) is 2.09. The van der Waals surface area contributed by atoms with Crippen LogP contribution in [0.4, 0.5) is 0 Å². The third kappa shape index (κ3) is 2.97. The molecule has 2 aromatic rings. The Morgan fingerprint density at radius 1 is 1.48 bits per heavy atom. The third-order valence-corrected chi connectivity index (χ3v) is 3.65. The maximum atomic E-state index is 11.5. The first kappa shape index (κ1) is 15.2. The molecule has 0 amide bonds. The zero-order chi connectivity index (χ0) is 15.2. The largest absolute Gasteiger partial charge is 0.383 e. The molecule has 0 atom stereocenters. The van der Waals surface area contributed by atoms with Crippen LogP contribution in [0.5, 0.6) is 0 Å². The first-order valence-electron chi connectivity index (χ1n) is 6.95. The fourth-order valence-electron chi connectivity index (χ4n) is 2.48. The van der Waals surface area contributed by atoms with E-state index in [2.05, 4.69) is 17.9 Å². The number of methoxy groups -OCH3 is 1. The van der Waals surface area contributed by atoms with Crippen LogP contribution in [0.3, 0.4) is 0 Å². The summed E-state index contributed by atoms with van der Waals surface area (Å²) >= 11 is 0. The van der Waals surface area contributed by atoms with E-state index in [1.807, 2.05) is 28.8 Å². The first-order chi connectivity index (χ1) is 10.3. The average molecular weight is 285 g/mol. The van der Waals surface area contributed by atoms with Crippen LogP contribution in [0, 0.1) is 11.3 Å². The van der Waals surface area contributed by atoms with Crippen LogP contribution in [0.25, 0.3) is 5.52 Å². The maximum Gasteiger partial charge on any atom is 0.153 e. The molecule has 0 unspecified atom stereocenters. The smallest absolute Gasteiger partial charge is 0.153 e. The monoisotopic (exact) mass is 285 g/mol. The highest BCUT2D eigenvalue weighted by atomic mass is 16.5. The average Bonchev–Trinajstić information content (AvgIpc) is 2.84. The lowest BCUT2D eigenvalue weighted by molar-refractivity contribution is 0.112. The van der Waals surface area contributed by atoms with Crippen molar-refractivity contribution in [1.82, 2.24) is 9.30 Å². The van der Waals surface area contributed by atoms with Gasteiger partial charge in [0.15, 0.2) is 6.29 Å². The number of carbonyl (C=O) groups is 1. The van der Waals surface area contributed by atoms with Gasteiger partial charge in [-0.3, -0.25) is 9.69 Å². The molecule has 0 spiro atoms. The van der Waals surface area contributed by atoms with E-state index in [0.717, 1.165) is 30.6 Å². The number of carbonyl (C=O) groups excluding carboxylic acids is 1. The van der Waals surface area contributed by atoms with Crippen LogP contribution >= 0.6 is 0 Å². The van der Waals surface area contributed by atoms with Gasteiger partial charge in [-0.05, 0) is 18.7 Å². The summed E-state index contributed by atoms with van der Waals surface area (Å²) in [5, 5.41) is 9.34. The Kier molecular flexibility index (Phi) is 5.09. The van der Waals surface area contributed by atoms with E-state index in [1.54, 1.807) is 7.11 Å². The molecule has 0 saturated carbocycles. The van der Waals surface area contributed by atoms with Gasteiger partial charge < -0.3 is 9.14 Å². The number of nitrogens with zero attached hydrogens (tertiary/aromatic N) is 3. The lowest BCUT2D eigenvalue weighted by Crippen LogP contribution is -2.27. The summed E-state index contributed by atoms with van der Waals surface area (Å²) in [4.78, 5) is 13.6. The summed E-state index contributed by atoms with van der Waals surface area (Å²) in [7, 11) is 1.67. The molecule has 0 saturated heterocycles. The molecule has 0 aromatic carbocycles. The number of aromatic nitrogens is 1. The number of aldehydes is 1. The van der Waals surface area contributed by atoms with E-state index in [0.29, 0.717) is 24.3 Å².